The van der Waals surface area contributed by atoms with Crippen LogP contribution in [0.5, 0.6) is 11.5 Å². The van der Waals surface area contributed by atoms with Gasteiger partial charge in [-0.1, -0.05) is 6.07 Å². The van der Waals surface area contributed by atoms with Gasteiger partial charge in [-0.3, -0.25) is 9.78 Å². The zero-order valence-electron chi connectivity index (χ0n) is 11.3. The molecular weight excluding hydrogens is 270 g/mol. The lowest BCUT2D eigenvalue weighted by Crippen LogP contribution is -2.26. The van der Waals surface area contributed by atoms with Gasteiger partial charge in [0.15, 0.2) is 11.5 Å². The fraction of sp³-hybridized carbons (Fsp3) is 0.200. The summed E-state index contributed by atoms with van der Waals surface area (Å²) in [6, 6.07) is 8.90. The number of hydrogen-bond donors (Lipinski definition) is 2. The number of carbonyl (C=O) groups is 1. The van der Waals surface area contributed by atoms with E-state index in [1.54, 1.807) is 18.3 Å². The molecule has 6 nitrogen and oxygen atoms in total. The first-order valence-corrected chi connectivity index (χ1v) is 6.61. The highest BCUT2D eigenvalue weighted by atomic mass is 16.7. The van der Waals surface area contributed by atoms with Crippen LogP contribution in [0.4, 0.5) is 5.69 Å². The Balaban J connectivity index is 1.63. The van der Waals surface area contributed by atoms with Crippen LogP contribution in [0, 0.1) is 0 Å². The van der Waals surface area contributed by atoms with E-state index in [4.69, 9.17) is 15.2 Å². The van der Waals surface area contributed by atoms with Crippen LogP contribution < -0.4 is 20.5 Å². The second-order valence-electron chi connectivity index (χ2n) is 4.62. The molecule has 108 valence electrons. The van der Waals surface area contributed by atoms with Gasteiger partial charge in [0.25, 0.3) is 5.91 Å². The van der Waals surface area contributed by atoms with Gasteiger partial charge >= 0.3 is 0 Å². The SMILES string of the molecule is Nc1cc2c(cc1C(=O)NCCc1ccccn1)OCO2. The van der Waals surface area contributed by atoms with E-state index in [2.05, 4.69) is 10.3 Å². The number of hydrogen-bond acceptors (Lipinski definition) is 5. The molecule has 0 spiro atoms. The topological polar surface area (TPSA) is 86.5 Å². The summed E-state index contributed by atoms with van der Waals surface area (Å²) in [7, 11) is 0. The monoisotopic (exact) mass is 285 g/mol. The van der Waals surface area contributed by atoms with E-state index in [1.807, 2.05) is 18.2 Å². The van der Waals surface area contributed by atoms with Crippen molar-refractivity contribution in [1.29, 1.82) is 0 Å². The second-order valence-corrected chi connectivity index (χ2v) is 4.62. The van der Waals surface area contributed by atoms with Crippen molar-refractivity contribution in [2.24, 2.45) is 0 Å². The number of aromatic nitrogens is 1. The van der Waals surface area contributed by atoms with Crippen LogP contribution in [0.15, 0.2) is 36.5 Å². The molecule has 1 aromatic heterocycles. The predicted octanol–water partition coefficient (Wildman–Crippen LogP) is 1.37. The minimum absolute atomic E-state index is 0.152. The predicted molar refractivity (Wildman–Crippen MR) is 77.3 cm³/mol. The maximum absolute atomic E-state index is 12.1. The van der Waals surface area contributed by atoms with E-state index in [0.29, 0.717) is 35.7 Å². The van der Waals surface area contributed by atoms with Gasteiger partial charge in [0.2, 0.25) is 6.79 Å². The smallest absolute Gasteiger partial charge is 0.253 e. The highest BCUT2D eigenvalue weighted by Crippen LogP contribution is 2.35. The first kappa shape index (κ1) is 13.2. The molecule has 3 rings (SSSR count). The highest BCUT2D eigenvalue weighted by molar-refractivity contribution is 6.00. The van der Waals surface area contributed by atoms with E-state index in [-0.39, 0.29) is 12.7 Å². The number of nitrogens with two attached hydrogens (primary N) is 1. The number of rotatable bonds is 4. The van der Waals surface area contributed by atoms with Gasteiger partial charge in [-0.2, -0.15) is 0 Å². The number of pyridine rings is 1. The Hall–Kier alpha value is -2.76. The van der Waals surface area contributed by atoms with E-state index in [0.717, 1.165) is 5.69 Å². The molecule has 1 amide bonds. The minimum Gasteiger partial charge on any atom is -0.454 e. The molecule has 3 N–H and O–H groups in total. The van der Waals surface area contributed by atoms with E-state index in [9.17, 15) is 4.79 Å². The number of nitrogen functional groups attached to an aromatic ring is 1. The molecule has 1 aromatic carbocycles. The lowest BCUT2D eigenvalue weighted by atomic mass is 10.1. The highest BCUT2D eigenvalue weighted by Gasteiger charge is 2.19. The van der Waals surface area contributed by atoms with Crippen LogP contribution in [0.2, 0.25) is 0 Å². The molecule has 0 unspecified atom stereocenters. The molecule has 1 aliphatic heterocycles. The summed E-state index contributed by atoms with van der Waals surface area (Å²) < 4.78 is 10.5. The van der Waals surface area contributed by atoms with Crippen LogP contribution >= 0.6 is 0 Å². The third kappa shape index (κ3) is 2.89. The Labute approximate surface area is 121 Å². The van der Waals surface area contributed by atoms with Crippen LogP contribution in [0.1, 0.15) is 16.1 Å². The lowest BCUT2D eigenvalue weighted by molar-refractivity contribution is 0.0954. The summed E-state index contributed by atoms with van der Waals surface area (Å²) in [6.45, 7) is 0.642. The van der Waals surface area contributed by atoms with Crippen LogP contribution in [0.3, 0.4) is 0 Å². The fourth-order valence-electron chi connectivity index (χ4n) is 2.10. The standard InChI is InChI=1S/C15H15N3O3/c16-12-8-14-13(20-9-21-14)7-11(12)15(19)18-6-4-10-3-1-2-5-17-10/h1-3,5,7-8H,4,6,9,16H2,(H,18,19). The molecule has 0 atom stereocenters. The van der Waals surface area contributed by atoms with E-state index in [1.165, 1.54) is 0 Å². The molecular formula is C15H15N3O3. The molecule has 0 saturated heterocycles. The molecule has 1 aliphatic rings. The average molecular weight is 285 g/mol. The minimum atomic E-state index is -0.235. The summed E-state index contributed by atoms with van der Waals surface area (Å²) in [5.41, 5.74) is 7.56. The number of nitrogens with zero attached hydrogens (tertiary/aromatic N) is 1. The molecule has 2 heterocycles. The normalized spacial score (nSPS) is 12.2. The fourth-order valence-corrected chi connectivity index (χ4v) is 2.10. The number of benzene rings is 1. The van der Waals surface area contributed by atoms with Crippen molar-refractivity contribution in [1.82, 2.24) is 10.3 Å². The van der Waals surface area contributed by atoms with Gasteiger partial charge in [0, 0.05) is 36.6 Å². The molecule has 6 heteroatoms. The first-order valence-electron chi connectivity index (χ1n) is 6.61. The zero-order chi connectivity index (χ0) is 14.7. The Kier molecular flexibility index (Phi) is 3.59. The quantitative estimate of drug-likeness (QED) is 0.828. The van der Waals surface area contributed by atoms with Crippen molar-refractivity contribution < 1.29 is 14.3 Å². The van der Waals surface area contributed by atoms with Crippen molar-refractivity contribution in [3.8, 4) is 11.5 Å². The second kappa shape index (κ2) is 5.70. The summed E-state index contributed by atoms with van der Waals surface area (Å²) in [5.74, 6) is 0.873. The number of nitrogens with one attached hydrogen (secondary N) is 1. The molecule has 0 radical (unpaired) electrons. The summed E-state index contributed by atoms with van der Waals surface area (Å²) in [4.78, 5) is 16.3. The Morgan fingerprint density at radius 3 is 2.86 bits per heavy atom. The third-order valence-electron chi connectivity index (χ3n) is 3.18. The van der Waals surface area contributed by atoms with Crippen molar-refractivity contribution in [3.05, 3.63) is 47.8 Å². The zero-order valence-corrected chi connectivity index (χ0v) is 11.3. The molecule has 0 aliphatic carbocycles. The first-order chi connectivity index (χ1) is 10.2. The van der Waals surface area contributed by atoms with E-state index >= 15 is 0 Å². The summed E-state index contributed by atoms with van der Waals surface area (Å²) in [6.07, 6.45) is 2.39. The van der Waals surface area contributed by atoms with Crippen LogP contribution in [-0.2, 0) is 6.42 Å². The lowest BCUT2D eigenvalue weighted by Gasteiger charge is -2.08. The number of fused-ring (bicyclic) bond motifs is 1. The molecule has 0 bridgehead atoms. The van der Waals surface area contributed by atoms with Gasteiger partial charge in [-0.25, -0.2) is 0 Å². The summed E-state index contributed by atoms with van der Waals surface area (Å²) in [5, 5.41) is 2.82. The van der Waals surface area contributed by atoms with Gasteiger partial charge in [-0.15, -0.1) is 0 Å². The van der Waals surface area contributed by atoms with Gasteiger partial charge in [0.05, 0.1) is 5.56 Å². The number of carbonyl (C=O) groups excluding carboxylic acids is 1. The summed E-state index contributed by atoms with van der Waals surface area (Å²) >= 11 is 0. The van der Waals surface area contributed by atoms with Crippen molar-refractivity contribution in [2.45, 2.75) is 6.42 Å². The number of anilines is 1. The average Bonchev–Trinajstić information content (AvgIpc) is 2.94. The van der Waals surface area contributed by atoms with Crippen LogP contribution in [-0.4, -0.2) is 24.2 Å². The van der Waals surface area contributed by atoms with E-state index < -0.39 is 0 Å². The van der Waals surface area contributed by atoms with Crippen molar-refractivity contribution in [3.63, 3.8) is 0 Å². The van der Waals surface area contributed by atoms with Crippen molar-refractivity contribution >= 4 is 11.6 Å². The molecule has 2 aromatic rings. The van der Waals surface area contributed by atoms with Crippen molar-refractivity contribution in [2.75, 3.05) is 19.1 Å². The van der Waals surface area contributed by atoms with Gasteiger partial charge in [0.1, 0.15) is 0 Å². The van der Waals surface area contributed by atoms with Gasteiger partial charge < -0.3 is 20.5 Å². The Morgan fingerprint density at radius 1 is 1.29 bits per heavy atom. The molecule has 0 saturated carbocycles. The molecule has 21 heavy (non-hydrogen) atoms. The maximum Gasteiger partial charge on any atom is 0.253 e. The Morgan fingerprint density at radius 2 is 2.10 bits per heavy atom. The number of amides is 1. The van der Waals surface area contributed by atoms with Crippen LogP contribution in [0.25, 0.3) is 0 Å². The Bertz CT molecular complexity index is 659. The van der Waals surface area contributed by atoms with Gasteiger partial charge in [-0.05, 0) is 18.2 Å². The maximum atomic E-state index is 12.1. The third-order valence-corrected chi connectivity index (χ3v) is 3.18. The molecule has 0 fully saturated rings. The largest absolute Gasteiger partial charge is 0.454 e. The number of ether oxygens (including phenoxy) is 2.